The van der Waals surface area contributed by atoms with E-state index >= 15 is 0 Å². The number of hydrogen-bond acceptors (Lipinski definition) is 1. The van der Waals surface area contributed by atoms with Gasteiger partial charge >= 0.3 is 0 Å². The van der Waals surface area contributed by atoms with Gasteiger partial charge in [-0.3, -0.25) is 0 Å². The van der Waals surface area contributed by atoms with Gasteiger partial charge in [0.25, 0.3) is 0 Å². The Morgan fingerprint density at radius 2 is 1.60 bits per heavy atom. The predicted molar refractivity (Wildman–Crippen MR) is 87.2 cm³/mol. The zero-order valence-electron chi connectivity index (χ0n) is 12.4. The van der Waals surface area contributed by atoms with Gasteiger partial charge in [-0.05, 0) is 47.6 Å². The summed E-state index contributed by atoms with van der Waals surface area (Å²) in [6, 6.07) is 14.5. The van der Waals surface area contributed by atoms with Crippen molar-refractivity contribution >= 4 is 11.6 Å². The lowest BCUT2D eigenvalue weighted by atomic mass is 9.95. The van der Waals surface area contributed by atoms with E-state index in [0.717, 1.165) is 28.1 Å². The minimum absolute atomic E-state index is 0.0981. The molecule has 1 unspecified atom stereocenters. The molecular weight excluding hydrogens is 266 g/mol. The van der Waals surface area contributed by atoms with Crippen LogP contribution in [0.2, 0.25) is 5.02 Å². The predicted octanol–water partition coefficient (Wildman–Crippen LogP) is 4.90. The highest BCUT2D eigenvalue weighted by molar-refractivity contribution is 6.31. The van der Waals surface area contributed by atoms with Crippen molar-refractivity contribution in [3.63, 3.8) is 0 Å². The van der Waals surface area contributed by atoms with Crippen LogP contribution >= 0.6 is 11.6 Å². The first-order chi connectivity index (χ1) is 9.47. The molecule has 0 bridgehead atoms. The lowest BCUT2D eigenvalue weighted by Gasteiger charge is -2.15. The summed E-state index contributed by atoms with van der Waals surface area (Å²) in [7, 11) is 0. The Labute approximate surface area is 126 Å². The van der Waals surface area contributed by atoms with Gasteiger partial charge in [0.2, 0.25) is 0 Å². The van der Waals surface area contributed by atoms with E-state index in [-0.39, 0.29) is 6.04 Å². The van der Waals surface area contributed by atoms with Crippen LogP contribution in [0, 0.1) is 12.8 Å². The van der Waals surface area contributed by atoms with E-state index in [1.165, 1.54) is 5.56 Å². The van der Waals surface area contributed by atoms with Gasteiger partial charge in [-0.2, -0.15) is 0 Å². The summed E-state index contributed by atoms with van der Waals surface area (Å²) in [5, 5.41) is 0.785. The molecule has 0 aliphatic carbocycles. The van der Waals surface area contributed by atoms with Crippen LogP contribution in [0.15, 0.2) is 42.5 Å². The van der Waals surface area contributed by atoms with E-state index in [9.17, 15) is 0 Å². The number of hydrogen-bond donors (Lipinski definition) is 1. The fourth-order valence-electron chi connectivity index (χ4n) is 2.39. The van der Waals surface area contributed by atoms with Crippen molar-refractivity contribution in [2.24, 2.45) is 11.7 Å². The first-order valence-corrected chi connectivity index (χ1v) is 7.45. The normalized spacial score (nSPS) is 12.7. The summed E-state index contributed by atoms with van der Waals surface area (Å²) in [5.74, 6) is 0.674. The topological polar surface area (TPSA) is 26.0 Å². The monoisotopic (exact) mass is 287 g/mol. The van der Waals surface area contributed by atoms with Gasteiger partial charge in [-0.1, -0.05) is 61.8 Å². The zero-order chi connectivity index (χ0) is 14.7. The van der Waals surface area contributed by atoms with Gasteiger partial charge in [0.05, 0.1) is 6.04 Å². The summed E-state index contributed by atoms with van der Waals surface area (Å²) < 4.78 is 0. The highest BCUT2D eigenvalue weighted by Gasteiger charge is 2.10. The molecule has 0 saturated heterocycles. The van der Waals surface area contributed by atoms with E-state index < -0.39 is 0 Å². The maximum atomic E-state index is 6.34. The first-order valence-electron chi connectivity index (χ1n) is 7.08. The zero-order valence-corrected chi connectivity index (χ0v) is 13.1. The molecule has 0 heterocycles. The van der Waals surface area contributed by atoms with Crippen LogP contribution in [0.1, 0.15) is 42.1 Å². The van der Waals surface area contributed by atoms with Crippen molar-refractivity contribution in [1.29, 1.82) is 0 Å². The van der Waals surface area contributed by atoms with E-state index in [1.807, 2.05) is 19.1 Å². The number of rotatable bonds is 4. The third kappa shape index (κ3) is 3.62. The van der Waals surface area contributed by atoms with Crippen molar-refractivity contribution in [2.75, 3.05) is 0 Å². The first kappa shape index (κ1) is 15.1. The second-order valence-corrected chi connectivity index (χ2v) is 6.23. The van der Waals surface area contributed by atoms with Crippen LogP contribution in [-0.4, -0.2) is 0 Å². The van der Waals surface area contributed by atoms with Crippen LogP contribution in [-0.2, 0) is 6.42 Å². The highest BCUT2D eigenvalue weighted by Crippen LogP contribution is 2.24. The van der Waals surface area contributed by atoms with Gasteiger partial charge in [0.1, 0.15) is 0 Å². The molecule has 0 radical (unpaired) electrons. The van der Waals surface area contributed by atoms with Crippen LogP contribution < -0.4 is 5.73 Å². The Morgan fingerprint density at radius 3 is 2.15 bits per heavy atom. The van der Waals surface area contributed by atoms with E-state index in [2.05, 4.69) is 44.2 Å². The third-order valence-electron chi connectivity index (χ3n) is 3.52. The molecule has 2 heteroatoms. The molecule has 2 N–H and O–H groups in total. The van der Waals surface area contributed by atoms with Crippen LogP contribution in [0.5, 0.6) is 0 Å². The Bertz CT molecular complexity index is 572. The standard InChI is InChI=1S/C18H22ClN/c1-12(2)10-14-4-6-15(7-5-14)18(20)16-8-9-17(19)13(3)11-16/h4-9,11-12,18H,10,20H2,1-3H3. The van der Waals surface area contributed by atoms with Crippen molar-refractivity contribution in [2.45, 2.75) is 33.2 Å². The van der Waals surface area contributed by atoms with Gasteiger partial charge in [0, 0.05) is 5.02 Å². The van der Waals surface area contributed by atoms with Gasteiger partial charge in [-0.25, -0.2) is 0 Å². The highest BCUT2D eigenvalue weighted by atomic mass is 35.5. The lowest BCUT2D eigenvalue weighted by Crippen LogP contribution is -2.12. The van der Waals surface area contributed by atoms with Crippen molar-refractivity contribution in [3.05, 3.63) is 69.7 Å². The average molecular weight is 288 g/mol. The SMILES string of the molecule is Cc1cc(C(N)c2ccc(CC(C)C)cc2)ccc1Cl. The summed E-state index contributed by atoms with van der Waals surface area (Å²) in [5.41, 5.74) is 11.0. The minimum Gasteiger partial charge on any atom is -0.320 e. The van der Waals surface area contributed by atoms with Gasteiger partial charge in [0.15, 0.2) is 0 Å². The molecule has 106 valence electrons. The number of aryl methyl sites for hydroxylation is 1. The Kier molecular flexibility index (Phi) is 4.85. The molecule has 2 rings (SSSR count). The van der Waals surface area contributed by atoms with E-state index in [1.54, 1.807) is 0 Å². The Morgan fingerprint density at radius 1 is 1.00 bits per heavy atom. The summed E-state index contributed by atoms with van der Waals surface area (Å²) in [4.78, 5) is 0. The summed E-state index contributed by atoms with van der Waals surface area (Å²) >= 11 is 6.06. The Hall–Kier alpha value is -1.31. The van der Waals surface area contributed by atoms with E-state index in [4.69, 9.17) is 17.3 Å². The fraction of sp³-hybridized carbons (Fsp3) is 0.333. The molecular formula is C18H22ClN. The molecule has 0 fully saturated rings. The minimum atomic E-state index is -0.0981. The molecule has 0 aliphatic rings. The second kappa shape index (κ2) is 6.43. The molecule has 0 saturated carbocycles. The van der Waals surface area contributed by atoms with Gasteiger partial charge in [-0.15, -0.1) is 0 Å². The van der Waals surface area contributed by atoms with Crippen molar-refractivity contribution in [3.8, 4) is 0 Å². The van der Waals surface area contributed by atoms with Crippen LogP contribution in [0.3, 0.4) is 0 Å². The summed E-state index contributed by atoms with van der Waals surface area (Å²) in [6.45, 7) is 6.47. The molecule has 0 aromatic heterocycles. The molecule has 0 spiro atoms. The molecule has 20 heavy (non-hydrogen) atoms. The van der Waals surface area contributed by atoms with Crippen LogP contribution in [0.4, 0.5) is 0 Å². The number of nitrogens with two attached hydrogens (primary N) is 1. The smallest absolute Gasteiger partial charge is 0.0551 e. The molecule has 0 aliphatic heterocycles. The number of halogens is 1. The maximum Gasteiger partial charge on any atom is 0.0551 e. The molecule has 2 aromatic rings. The number of benzene rings is 2. The van der Waals surface area contributed by atoms with Crippen LogP contribution in [0.25, 0.3) is 0 Å². The lowest BCUT2D eigenvalue weighted by molar-refractivity contribution is 0.647. The quantitative estimate of drug-likeness (QED) is 0.851. The second-order valence-electron chi connectivity index (χ2n) is 5.83. The molecule has 1 atom stereocenters. The molecule has 2 aromatic carbocycles. The third-order valence-corrected chi connectivity index (χ3v) is 3.95. The van der Waals surface area contributed by atoms with Gasteiger partial charge < -0.3 is 5.73 Å². The average Bonchev–Trinajstić information content (AvgIpc) is 2.41. The van der Waals surface area contributed by atoms with Crippen molar-refractivity contribution in [1.82, 2.24) is 0 Å². The summed E-state index contributed by atoms with van der Waals surface area (Å²) in [6.07, 6.45) is 1.11. The maximum absolute atomic E-state index is 6.34. The molecule has 0 amide bonds. The van der Waals surface area contributed by atoms with Crippen molar-refractivity contribution < 1.29 is 0 Å². The molecule has 1 nitrogen and oxygen atoms in total. The fourth-order valence-corrected chi connectivity index (χ4v) is 2.50. The largest absolute Gasteiger partial charge is 0.320 e. The Balaban J connectivity index is 2.20. The van der Waals surface area contributed by atoms with E-state index in [0.29, 0.717) is 5.92 Å².